The fourth-order valence-electron chi connectivity index (χ4n) is 4.21. The predicted octanol–water partition coefficient (Wildman–Crippen LogP) is 1.94. The molecule has 9 heteroatoms. The molecule has 2 heterocycles. The van der Waals surface area contributed by atoms with E-state index in [0.29, 0.717) is 18.4 Å². The average Bonchev–Trinajstić information content (AvgIpc) is 3.33. The number of fused-ring (bicyclic) bond motifs is 3. The number of hydrogen-bond donors (Lipinski definition) is 0. The molecule has 174 valence electrons. The number of hydrogen-bond acceptors (Lipinski definition) is 9. The maximum Gasteiger partial charge on any atom is 0.337 e. The minimum absolute atomic E-state index is 0.00669. The zero-order valence-corrected chi connectivity index (χ0v) is 18.8. The van der Waals surface area contributed by atoms with Crippen molar-refractivity contribution in [2.75, 3.05) is 7.11 Å². The Morgan fingerprint density at radius 3 is 2.53 bits per heavy atom. The number of carbonyl (C=O) groups excluding carboxylic acids is 4. The first-order valence-corrected chi connectivity index (χ1v) is 10.4. The Kier molecular flexibility index (Phi) is 6.59. The summed E-state index contributed by atoms with van der Waals surface area (Å²) >= 11 is 0. The molecule has 0 aromatic carbocycles. The van der Waals surface area contributed by atoms with Gasteiger partial charge in [0.2, 0.25) is 0 Å². The Morgan fingerprint density at radius 2 is 1.94 bits per heavy atom. The van der Waals surface area contributed by atoms with Gasteiger partial charge in [0.15, 0.2) is 12.2 Å². The molecule has 2 fully saturated rings. The van der Waals surface area contributed by atoms with Gasteiger partial charge in [0.05, 0.1) is 24.2 Å². The topological polar surface area (TPSA) is 118 Å². The van der Waals surface area contributed by atoms with Crippen molar-refractivity contribution >= 4 is 23.9 Å². The molecule has 0 radical (unpaired) electrons. The lowest BCUT2D eigenvalue weighted by molar-refractivity contribution is -0.168. The zero-order valence-electron chi connectivity index (χ0n) is 18.8. The van der Waals surface area contributed by atoms with E-state index in [-0.39, 0.29) is 11.1 Å². The van der Waals surface area contributed by atoms with E-state index in [2.05, 4.69) is 6.58 Å². The summed E-state index contributed by atoms with van der Waals surface area (Å²) < 4.78 is 27.6. The molecule has 3 aliphatic rings. The van der Waals surface area contributed by atoms with Crippen LogP contribution in [0.3, 0.4) is 0 Å². The molecule has 0 saturated carbocycles. The van der Waals surface area contributed by atoms with Crippen LogP contribution in [0.4, 0.5) is 0 Å². The molecular formula is C23H28O9. The average molecular weight is 448 g/mol. The summed E-state index contributed by atoms with van der Waals surface area (Å²) in [5.41, 5.74) is -0.238. The fourth-order valence-corrected chi connectivity index (χ4v) is 4.21. The summed E-state index contributed by atoms with van der Waals surface area (Å²) in [6.07, 6.45) is 0.190. The van der Waals surface area contributed by atoms with E-state index in [0.717, 1.165) is 0 Å². The van der Waals surface area contributed by atoms with Gasteiger partial charge in [-0.15, -0.1) is 0 Å². The first-order chi connectivity index (χ1) is 15.0. The van der Waals surface area contributed by atoms with Gasteiger partial charge in [-0.1, -0.05) is 18.7 Å². The zero-order chi connectivity index (χ0) is 23.8. The van der Waals surface area contributed by atoms with E-state index in [9.17, 15) is 19.2 Å². The van der Waals surface area contributed by atoms with Crippen LogP contribution in [0.15, 0.2) is 35.5 Å². The maximum absolute atomic E-state index is 12.8. The smallest absolute Gasteiger partial charge is 0.337 e. The lowest BCUT2D eigenvalue weighted by Gasteiger charge is -2.33. The minimum atomic E-state index is -1.34. The van der Waals surface area contributed by atoms with E-state index >= 15 is 0 Å². The van der Waals surface area contributed by atoms with E-state index < -0.39 is 59.8 Å². The van der Waals surface area contributed by atoms with Gasteiger partial charge in [0, 0.05) is 18.1 Å². The third-order valence-electron chi connectivity index (χ3n) is 6.18. The van der Waals surface area contributed by atoms with Crippen molar-refractivity contribution in [2.24, 2.45) is 5.92 Å². The molecule has 2 aliphatic heterocycles. The highest BCUT2D eigenvalue weighted by molar-refractivity contribution is 5.93. The normalized spacial score (nSPS) is 36.0. The van der Waals surface area contributed by atoms with Crippen molar-refractivity contribution in [2.45, 2.75) is 70.6 Å². The molecule has 32 heavy (non-hydrogen) atoms. The molecule has 9 nitrogen and oxygen atoms in total. The number of methoxy groups -OCH3 is 1. The Morgan fingerprint density at radius 1 is 1.25 bits per heavy atom. The highest BCUT2D eigenvalue weighted by Gasteiger charge is 2.64. The van der Waals surface area contributed by atoms with Crippen LogP contribution in [0.2, 0.25) is 0 Å². The molecule has 6 atom stereocenters. The molecule has 0 aromatic heterocycles. The minimum Gasteiger partial charge on any atom is -0.466 e. The number of ether oxygens (including phenoxy) is 5. The molecule has 0 N–H and O–H groups in total. The van der Waals surface area contributed by atoms with Crippen molar-refractivity contribution in [1.82, 2.24) is 0 Å². The van der Waals surface area contributed by atoms with Crippen molar-refractivity contribution in [3.05, 3.63) is 35.5 Å². The summed E-state index contributed by atoms with van der Waals surface area (Å²) in [7, 11) is 1.20. The third kappa shape index (κ3) is 4.34. The van der Waals surface area contributed by atoms with E-state index in [1.54, 1.807) is 26.0 Å². The van der Waals surface area contributed by atoms with Gasteiger partial charge in [-0.25, -0.2) is 14.4 Å². The molecule has 3 rings (SSSR count). The number of epoxide rings is 1. The Balaban J connectivity index is 2.17. The molecule has 0 bridgehead atoms. The SMILES string of the molecule is C=C1C(=O)O[C@H]2[C@H]1[C@@H](OC(=O)/C(C)=C\C)[C@@H](OC(C)=O)/C(C(=O)OC)=C\CC[C@@]1(C)O[C@H]21. The second-order valence-electron chi connectivity index (χ2n) is 8.33. The van der Waals surface area contributed by atoms with Gasteiger partial charge in [-0.3, -0.25) is 4.79 Å². The van der Waals surface area contributed by atoms with Gasteiger partial charge in [0.25, 0.3) is 0 Å². The van der Waals surface area contributed by atoms with E-state index in [4.69, 9.17) is 23.7 Å². The highest BCUT2D eigenvalue weighted by atomic mass is 16.7. The van der Waals surface area contributed by atoms with Gasteiger partial charge >= 0.3 is 23.9 Å². The lowest BCUT2D eigenvalue weighted by atomic mass is 9.80. The summed E-state index contributed by atoms with van der Waals surface area (Å²) in [5, 5.41) is 0. The van der Waals surface area contributed by atoms with Crippen LogP contribution < -0.4 is 0 Å². The molecule has 1 aliphatic carbocycles. The van der Waals surface area contributed by atoms with Crippen LogP contribution in [-0.4, -0.2) is 61.0 Å². The van der Waals surface area contributed by atoms with Gasteiger partial charge in [-0.2, -0.15) is 0 Å². The standard InChI is InChI=1S/C23H28O9/c1-7-11(2)20(25)30-17-15-12(3)21(26)31-18(15)19-23(5,32-19)10-8-9-14(22(27)28-6)16(17)29-13(4)24/h7,9,15-19H,3,8,10H2,1-2,4-6H3/b11-7-,14-9+/t15-,16+,17-,18+,19-,23-/m1/s1. The maximum atomic E-state index is 12.8. The number of esters is 4. The first kappa shape index (κ1) is 23.7. The third-order valence-corrected chi connectivity index (χ3v) is 6.18. The summed E-state index contributed by atoms with van der Waals surface area (Å²) in [6.45, 7) is 10.1. The molecule has 0 aromatic rings. The van der Waals surface area contributed by atoms with Gasteiger partial charge in [-0.05, 0) is 33.6 Å². The van der Waals surface area contributed by atoms with Crippen LogP contribution in [-0.2, 0) is 42.9 Å². The van der Waals surface area contributed by atoms with Crippen LogP contribution >= 0.6 is 0 Å². The van der Waals surface area contributed by atoms with Crippen molar-refractivity contribution in [3.8, 4) is 0 Å². The first-order valence-electron chi connectivity index (χ1n) is 10.4. The van der Waals surface area contributed by atoms with Crippen molar-refractivity contribution < 1.29 is 42.9 Å². The van der Waals surface area contributed by atoms with Crippen molar-refractivity contribution in [3.63, 3.8) is 0 Å². The van der Waals surface area contributed by atoms with Gasteiger partial charge in [0.1, 0.15) is 12.2 Å². The second kappa shape index (κ2) is 8.90. The molecular weight excluding hydrogens is 420 g/mol. The Bertz CT molecular complexity index is 914. The molecule has 0 amide bonds. The summed E-state index contributed by atoms with van der Waals surface area (Å²) in [6, 6.07) is 0. The Labute approximate surface area is 186 Å². The highest BCUT2D eigenvalue weighted by Crippen LogP contribution is 2.50. The largest absolute Gasteiger partial charge is 0.466 e. The van der Waals surface area contributed by atoms with E-state index in [1.165, 1.54) is 14.0 Å². The molecule has 0 unspecified atom stereocenters. The fraction of sp³-hybridized carbons (Fsp3) is 0.565. The molecule has 2 saturated heterocycles. The van der Waals surface area contributed by atoms with Gasteiger partial charge < -0.3 is 23.7 Å². The quantitative estimate of drug-likeness (QED) is 0.275. The molecule has 0 spiro atoms. The van der Waals surface area contributed by atoms with Crippen LogP contribution in [0.5, 0.6) is 0 Å². The predicted molar refractivity (Wildman–Crippen MR) is 110 cm³/mol. The van der Waals surface area contributed by atoms with Crippen LogP contribution in [0, 0.1) is 5.92 Å². The van der Waals surface area contributed by atoms with Crippen LogP contribution in [0.1, 0.15) is 40.5 Å². The van der Waals surface area contributed by atoms with E-state index in [1.807, 2.05) is 6.92 Å². The number of allylic oxidation sites excluding steroid dienone is 2. The monoisotopic (exact) mass is 448 g/mol. The number of rotatable bonds is 4. The second-order valence-corrected chi connectivity index (χ2v) is 8.33. The van der Waals surface area contributed by atoms with Crippen molar-refractivity contribution in [1.29, 1.82) is 0 Å². The summed E-state index contributed by atoms with van der Waals surface area (Å²) in [5.74, 6) is -3.71. The van der Waals surface area contributed by atoms with Crippen LogP contribution in [0.25, 0.3) is 0 Å². The number of carbonyl (C=O) groups is 4. The lowest BCUT2D eigenvalue weighted by Crippen LogP contribution is -2.48. The Hall–Kier alpha value is -2.94. The summed E-state index contributed by atoms with van der Waals surface area (Å²) in [4.78, 5) is 49.9.